The number of nitrogens with zero attached hydrogens (tertiary/aromatic N) is 5. The summed E-state index contributed by atoms with van der Waals surface area (Å²) in [4.78, 5) is 18.8. The van der Waals surface area contributed by atoms with Crippen molar-refractivity contribution in [1.82, 2.24) is 30.1 Å². The van der Waals surface area contributed by atoms with Gasteiger partial charge in [0.25, 0.3) is 5.56 Å². The zero-order valence-electron chi connectivity index (χ0n) is 21.5. The van der Waals surface area contributed by atoms with Crippen LogP contribution in [0, 0.1) is 19.8 Å². The monoisotopic (exact) mass is 478 g/mol. The Morgan fingerprint density at radius 1 is 1.14 bits per heavy atom. The number of rotatable bonds is 8. The molecule has 3 aromatic rings. The molecule has 8 nitrogen and oxygen atoms in total. The molecule has 0 radical (unpaired) electrons. The van der Waals surface area contributed by atoms with Crippen LogP contribution in [-0.2, 0) is 11.3 Å². The zero-order chi connectivity index (χ0) is 24.5. The second-order valence-corrected chi connectivity index (χ2v) is 10.8. The smallest absolute Gasteiger partial charge is 0.252 e. The van der Waals surface area contributed by atoms with Crippen molar-refractivity contribution in [3.63, 3.8) is 0 Å². The van der Waals surface area contributed by atoms with Gasteiger partial charge < -0.3 is 9.72 Å². The molecule has 3 heterocycles. The van der Waals surface area contributed by atoms with E-state index in [0.29, 0.717) is 12.6 Å². The molecule has 2 aromatic heterocycles. The highest BCUT2D eigenvalue weighted by Crippen LogP contribution is 2.35. The van der Waals surface area contributed by atoms with E-state index < -0.39 is 0 Å². The lowest BCUT2D eigenvalue weighted by atomic mass is 9.98. The Bertz CT molecular complexity index is 1220. The molecule has 1 aromatic carbocycles. The van der Waals surface area contributed by atoms with E-state index in [2.05, 4.69) is 69.9 Å². The molecule has 188 valence electrons. The minimum Gasteiger partial charge on any atom is -0.377 e. The highest BCUT2D eigenvalue weighted by Gasteiger charge is 2.34. The van der Waals surface area contributed by atoms with E-state index in [1.807, 2.05) is 6.07 Å². The number of hydrogen-bond donors (Lipinski definition) is 1. The van der Waals surface area contributed by atoms with Gasteiger partial charge in [0.2, 0.25) is 0 Å². The number of tetrazole rings is 1. The van der Waals surface area contributed by atoms with E-state index in [4.69, 9.17) is 4.74 Å². The third-order valence-corrected chi connectivity index (χ3v) is 7.70. The third kappa shape index (κ3) is 5.05. The van der Waals surface area contributed by atoms with Gasteiger partial charge in [-0.15, -0.1) is 5.10 Å². The van der Waals surface area contributed by atoms with E-state index >= 15 is 0 Å². The van der Waals surface area contributed by atoms with E-state index in [-0.39, 0.29) is 23.6 Å². The SMILES string of the molecule is Cc1cc(C)c2cc(CN(C[C@@H]3CCCO3)[C@H](c3nnnn3C3CCCC3)C(C)C)c(=O)[nH]c2c1. The predicted octanol–water partition coefficient (Wildman–Crippen LogP) is 4.62. The van der Waals surface area contributed by atoms with Gasteiger partial charge in [-0.25, -0.2) is 4.68 Å². The van der Waals surface area contributed by atoms with E-state index in [1.54, 1.807) is 0 Å². The van der Waals surface area contributed by atoms with Crippen LogP contribution in [0.5, 0.6) is 0 Å². The van der Waals surface area contributed by atoms with Crippen molar-refractivity contribution in [3.05, 3.63) is 51.1 Å². The molecule has 2 aliphatic rings. The molecule has 5 rings (SSSR count). The van der Waals surface area contributed by atoms with Crippen LogP contribution in [0.3, 0.4) is 0 Å². The van der Waals surface area contributed by atoms with Crippen LogP contribution in [0.2, 0.25) is 0 Å². The molecular weight excluding hydrogens is 440 g/mol. The molecule has 1 N–H and O–H groups in total. The summed E-state index contributed by atoms with van der Waals surface area (Å²) in [5.41, 5.74) is 3.96. The molecule has 0 bridgehead atoms. The van der Waals surface area contributed by atoms with Crippen LogP contribution in [0.1, 0.15) is 87.0 Å². The lowest BCUT2D eigenvalue weighted by Crippen LogP contribution is -2.40. The number of ether oxygens (including phenoxy) is 1. The largest absolute Gasteiger partial charge is 0.377 e. The van der Waals surface area contributed by atoms with Crippen molar-refractivity contribution >= 4 is 10.9 Å². The third-order valence-electron chi connectivity index (χ3n) is 7.70. The van der Waals surface area contributed by atoms with Gasteiger partial charge in [0.1, 0.15) is 0 Å². The van der Waals surface area contributed by atoms with Crippen LogP contribution in [0.4, 0.5) is 0 Å². The topological polar surface area (TPSA) is 88.9 Å². The second-order valence-electron chi connectivity index (χ2n) is 10.8. The van der Waals surface area contributed by atoms with Gasteiger partial charge in [0.05, 0.1) is 18.2 Å². The van der Waals surface area contributed by atoms with Crippen molar-refractivity contribution in [2.75, 3.05) is 13.2 Å². The first kappa shape index (κ1) is 24.1. The molecule has 1 aliphatic carbocycles. The minimum absolute atomic E-state index is 0.0102. The average molecular weight is 479 g/mol. The number of fused-ring (bicyclic) bond motifs is 1. The maximum atomic E-state index is 13.2. The molecule has 35 heavy (non-hydrogen) atoms. The van der Waals surface area contributed by atoms with Gasteiger partial charge in [0.15, 0.2) is 5.82 Å². The molecule has 0 amide bonds. The summed E-state index contributed by atoms with van der Waals surface area (Å²) in [7, 11) is 0. The fourth-order valence-electron chi connectivity index (χ4n) is 6.07. The molecule has 1 saturated heterocycles. The number of pyridine rings is 1. The summed E-state index contributed by atoms with van der Waals surface area (Å²) in [6, 6.07) is 6.64. The van der Waals surface area contributed by atoms with Gasteiger partial charge in [0, 0.05) is 36.2 Å². The highest BCUT2D eigenvalue weighted by molar-refractivity contribution is 5.83. The maximum absolute atomic E-state index is 13.2. The first-order valence-corrected chi connectivity index (χ1v) is 13.2. The van der Waals surface area contributed by atoms with Crippen LogP contribution < -0.4 is 5.56 Å². The fraction of sp³-hybridized carbons (Fsp3) is 0.630. The van der Waals surface area contributed by atoms with Crippen LogP contribution >= 0.6 is 0 Å². The van der Waals surface area contributed by atoms with Crippen LogP contribution in [0.15, 0.2) is 23.0 Å². The van der Waals surface area contributed by atoms with E-state index in [9.17, 15) is 4.79 Å². The Balaban J connectivity index is 1.54. The van der Waals surface area contributed by atoms with Crippen LogP contribution in [-0.4, -0.2) is 49.3 Å². The molecule has 0 unspecified atom stereocenters. The Morgan fingerprint density at radius 3 is 2.66 bits per heavy atom. The Labute approximate surface area is 207 Å². The summed E-state index contributed by atoms with van der Waals surface area (Å²) in [5.74, 6) is 1.18. The average Bonchev–Trinajstić information content (AvgIpc) is 3.57. The number of benzene rings is 1. The predicted molar refractivity (Wildman–Crippen MR) is 136 cm³/mol. The number of aryl methyl sites for hydroxylation is 2. The first-order chi connectivity index (χ1) is 16.9. The zero-order valence-corrected chi connectivity index (χ0v) is 21.5. The van der Waals surface area contributed by atoms with Crippen molar-refractivity contribution in [2.45, 2.75) is 91.0 Å². The van der Waals surface area contributed by atoms with Crippen molar-refractivity contribution in [1.29, 1.82) is 0 Å². The summed E-state index contributed by atoms with van der Waals surface area (Å²) in [6.07, 6.45) is 6.98. The standard InChI is InChI=1S/C27H38N6O2/c1-17(2)25(26-29-30-31-33(26)21-8-5-6-9-21)32(16-22-10-7-11-35-22)15-20-14-23-19(4)12-18(3)13-24(23)28-27(20)34/h12-14,17,21-22,25H,5-11,15-16H2,1-4H3,(H,28,34)/t22-,25-/m0/s1. The Hall–Kier alpha value is -2.58. The van der Waals surface area contributed by atoms with Crippen LogP contribution in [0.25, 0.3) is 10.9 Å². The summed E-state index contributed by atoms with van der Waals surface area (Å²) in [6.45, 7) is 10.7. The summed E-state index contributed by atoms with van der Waals surface area (Å²) in [5, 5.41) is 14.2. The van der Waals surface area contributed by atoms with Crippen molar-refractivity contribution in [3.8, 4) is 0 Å². The maximum Gasteiger partial charge on any atom is 0.252 e. The number of H-pyrrole nitrogens is 1. The van der Waals surface area contributed by atoms with Crippen molar-refractivity contribution in [2.24, 2.45) is 5.92 Å². The summed E-state index contributed by atoms with van der Waals surface area (Å²) < 4.78 is 8.11. The van der Waals surface area contributed by atoms with Gasteiger partial charge in [-0.3, -0.25) is 9.69 Å². The molecule has 1 aliphatic heterocycles. The Morgan fingerprint density at radius 2 is 1.94 bits per heavy atom. The molecule has 0 spiro atoms. The molecule has 1 saturated carbocycles. The van der Waals surface area contributed by atoms with Gasteiger partial charge in [-0.2, -0.15) is 0 Å². The summed E-state index contributed by atoms with van der Waals surface area (Å²) >= 11 is 0. The number of nitrogens with one attached hydrogen (secondary N) is 1. The van der Waals surface area contributed by atoms with Crippen molar-refractivity contribution < 1.29 is 4.74 Å². The Kier molecular flexibility index (Phi) is 7.02. The molecule has 2 atom stereocenters. The lowest BCUT2D eigenvalue weighted by Gasteiger charge is -2.35. The van der Waals surface area contributed by atoms with E-state index in [1.165, 1.54) is 18.4 Å². The fourth-order valence-corrected chi connectivity index (χ4v) is 6.07. The molecule has 2 fully saturated rings. The second kappa shape index (κ2) is 10.2. The first-order valence-electron chi connectivity index (χ1n) is 13.2. The van der Waals surface area contributed by atoms with Gasteiger partial charge in [-0.05, 0) is 79.1 Å². The highest BCUT2D eigenvalue weighted by atomic mass is 16.5. The number of aromatic amines is 1. The van der Waals surface area contributed by atoms with Gasteiger partial charge in [-0.1, -0.05) is 32.8 Å². The number of hydrogen-bond acceptors (Lipinski definition) is 6. The molecule has 8 heteroatoms. The minimum atomic E-state index is -0.0299. The number of aromatic nitrogens is 5. The van der Waals surface area contributed by atoms with Gasteiger partial charge >= 0.3 is 0 Å². The quantitative estimate of drug-likeness (QED) is 0.508. The van der Waals surface area contributed by atoms with E-state index in [0.717, 1.165) is 66.7 Å². The molecular formula is C27H38N6O2. The lowest BCUT2D eigenvalue weighted by molar-refractivity contribution is 0.0379. The normalized spacial score (nSPS) is 20.0.